The van der Waals surface area contributed by atoms with Crippen molar-refractivity contribution in [2.45, 2.75) is 23.1 Å². The number of carboxylic acids is 1. The molecule has 2 aliphatic heterocycles. The van der Waals surface area contributed by atoms with Crippen LogP contribution in [0.5, 0.6) is 0 Å². The summed E-state index contributed by atoms with van der Waals surface area (Å²) in [6.07, 6.45) is 0.0736. The van der Waals surface area contributed by atoms with Crippen molar-refractivity contribution in [3.8, 4) is 16.9 Å². The van der Waals surface area contributed by atoms with E-state index in [-0.39, 0.29) is 23.2 Å². The van der Waals surface area contributed by atoms with Crippen molar-refractivity contribution in [2.75, 3.05) is 0 Å². The number of hydrogen-bond acceptors (Lipinski definition) is 3. The third-order valence-corrected chi connectivity index (χ3v) is 5.39. The van der Waals surface area contributed by atoms with Gasteiger partial charge in [-0.3, -0.25) is 9.36 Å². The Hall–Kier alpha value is -2.67. The van der Waals surface area contributed by atoms with E-state index in [0.717, 1.165) is 4.57 Å². The van der Waals surface area contributed by atoms with Gasteiger partial charge in [0.1, 0.15) is 5.56 Å². The Bertz CT molecular complexity index is 1090. The maximum absolute atomic E-state index is 14.8. The molecule has 0 unspecified atom stereocenters. The molecule has 4 nitrogen and oxygen atoms in total. The summed E-state index contributed by atoms with van der Waals surface area (Å²) in [6.45, 7) is 1.60. The highest BCUT2D eigenvalue weighted by atomic mass is 32.2. The molecular formula is C18H11F2NO3S. The summed E-state index contributed by atoms with van der Waals surface area (Å²) in [5.74, 6) is -3.59. The first kappa shape index (κ1) is 15.8. The molecular weight excluding hydrogens is 348 g/mol. The van der Waals surface area contributed by atoms with Crippen LogP contribution in [0.15, 0.2) is 44.9 Å². The summed E-state index contributed by atoms with van der Waals surface area (Å²) in [4.78, 5) is 25.2. The number of para-hydroxylation sites is 1. The van der Waals surface area contributed by atoms with E-state index in [9.17, 15) is 23.5 Å². The molecule has 3 aliphatic rings. The van der Waals surface area contributed by atoms with Gasteiger partial charge in [0.2, 0.25) is 11.4 Å². The highest BCUT2D eigenvalue weighted by molar-refractivity contribution is 7.99. The van der Waals surface area contributed by atoms with Crippen LogP contribution in [-0.2, 0) is 6.42 Å². The SMILES string of the molecule is CCc1c(F)c(F)n2c3c(cc(C(=O)O)c(=O)c1-3)Sc1ccccc1-2. The van der Waals surface area contributed by atoms with Crippen molar-refractivity contribution in [3.63, 3.8) is 0 Å². The highest BCUT2D eigenvalue weighted by Gasteiger charge is 2.33. The first-order chi connectivity index (χ1) is 12.0. The Morgan fingerprint density at radius 2 is 1.96 bits per heavy atom. The summed E-state index contributed by atoms with van der Waals surface area (Å²) < 4.78 is 30.5. The molecule has 0 fully saturated rings. The van der Waals surface area contributed by atoms with E-state index in [4.69, 9.17) is 0 Å². The van der Waals surface area contributed by atoms with Gasteiger partial charge >= 0.3 is 5.97 Å². The molecule has 0 spiro atoms. The first-order valence-electron chi connectivity index (χ1n) is 7.55. The summed E-state index contributed by atoms with van der Waals surface area (Å²) >= 11 is 1.24. The lowest BCUT2D eigenvalue weighted by Crippen LogP contribution is -2.26. The molecule has 1 aliphatic carbocycles. The average Bonchev–Trinajstić information content (AvgIpc) is 2.60. The minimum Gasteiger partial charge on any atom is -0.478 e. The largest absolute Gasteiger partial charge is 0.478 e. The van der Waals surface area contributed by atoms with Crippen LogP contribution < -0.4 is 5.43 Å². The second-order valence-corrected chi connectivity index (χ2v) is 6.71. The minimum atomic E-state index is -1.39. The van der Waals surface area contributed by atoms with E-state index in [2.05, 4.69) is 0 Å². The van der Waals surface area contributed by atoms with Crippen molar-refractivity contribution in [2.24, 2.45) is 0 Å². The van der Waals surface area contributed by atoms with E-state index in [1.807, 2.05) is 0 Å². The van der Waals surface area contributed by atoms with E-state index in [1.165, 1.54) is 17.8 Å². The lowest BCUT2D eigenvalue weighted by molar-refractivity contribution is 0.0695. The van der Waals surface area contributed by atoms with E-state index in [1.54, 1.807) is 31.2 Å². The molecule has 0 saturated heterocycles. The second-order valence-electron chi connectivity index (χ2n) is 5.62. The van der Waals surface area contributed by atoms with Gasteiger partial charge in [-0.25, -0.2) is 9.18 Å². The Morgan fingerprint density at radius 1 is 1.24 bits per heavy atom. The standard InChI is InChI=1S/C18H11F2NO3S/c1-2-8-13-15-12(7-9(16(13)22)18(23)24)25-11-6-4-3-5-10(11)21(15)17(20)14(8)19/h3-7H,2H2,1H3,(H,23,24). The third-order valence-electron chi connectivity index (χ3n) is 4.30. The zero-order valence-corrected chi connectivity index (χ0v) is 13.8. The predicted octanol–water partition coefficient (Wildman–Crippen LogP) is 3.95. The number of aromatic carboxylic acids is 1. The average molecular weight is 359 g/mol. The smallest absolute Gasteiger partial charge is 0.339 e. The molecule has 4 rings (SSSR count). The summed E-state index contributed by atoms with van der Waals surface area (Å²) in [5.41, 5.74) is -0.769. The monoisotopic (exact) mass is 359 g/mol. The number of benzene rings is 2. The molecule has 126 valence electrons. The number of carbonyl (C=O) groups is 1. The van der Waals surface area contributed by atoms with E-state index < -0.39 is 28.7 Å². The zero-order chi connectivity index (χ0) is 17.9. The fourth-order valence-corrected chi connectivity index (χ4v) is 4.32. The van der Waals surface area contributed by atoms with Gasteiger partial charge in [-0.05, 0) is 24.6 Å². The molecule has 1 N–H and O–H groups in total. The number of carboxylic acid groups (broad SMARTS) is 1. The van der Waals surface area contributed by atoms with Crippen LogP contribution in [0.2, 0.25) is 0 Å². The molecule has 0 saturated carbocycles. The van der Waals surface area contributed by atoms with Crippen molar-refractivity contribution < 1.29 is 18.7 Å². The third kappa shape index (κ3) is 2.05. The van der Waals surface area contributed by atoms with Crippen LogP contribution in [0.1, 0.15) is 22.8 Å². The summed E-state index contributed by atoms with van der Waals surface area (Å²) in [5, 5.41) is 9.33. The fraction of sp³-hybridized carbons (Fsp3) is 0.111. The topological polar surface area (TPSA) is 59.3 Å². The van der Waals surface area contributed by atoms with Crippen molar-refractivity contribution in [1.29, 1.82) is 0 Å². The molecule has 0 atom stereocenters. The van der Waals surface area contributed by atoms with Crippen LogP contribution in [-0.4, -0.2) is 15.6 Å². The number of halogens is 2. The van der Waals surface area contributed by atoms with Crippen LogP contribution >= 0.6 is 11.8 Å². The lowest BCUT2D eigenvalue weighted by atomic mass is 9.96. The number of nitrogens with zero attached hydrogens (tertiary/aromatic N) is 1. The number of aromatic nitrogens is 1. The Morgan fingerprint density at radius 3 is 2.64 bits per heavy atom. The Labute approximate surface area is 145 Å². The molecule has 0 amide bonds. The maximum Gasteiger partial charge on any atom is 0.339 e. The normalized spacial score (nSPS) is 12.3. The summed E-state index contributed by atoms with van der Waals surface area (Å²) in [6, 6.07) is 8.05. The molecule has 25 heavy (non-hydrogen) atoms. The van der Waals surface area contributed by atoms with Crippen LogP contribution in [0.3, 0.4) is 0 Å². The molecule has 0 aromatic heterocycles. The highest BCUT2D eigenvalue weighted by Crippen LogP contribution is 2.46. The van der Waals surface area contributed by atoms with E-state index in [0.29, 0.717) is 15.5 Å². The van der Waals surface area contributed by atoms with E-state index >= 15 is 0 Å². The zero-order valence-electron chi connectivity index (χ0n) is 13.0. The van der Waals surface area contributed by atoms with Gasteiger partial charge in [0, 0.05) is 15.4 Å². The fourth-order valence-electron chi connectivity index (χ4n) is 3.20. The van der Waals surface area contributed by atoms with Gasteiger partial charge in [-0.1, -0.05) is 30.8 Å². The van der Waals surface area contributed by atoms with Crippen LogP contribution in [0.25, 0.3) is 16.9 Å². The Kier molecular flexibility index (Phi) is 3.43. The van der Waals surface area contributed by atoms with Gasteiger partial charge in [0.05, 0.1) is 16.9 Å². The minimum absolute atomic E-state index is 0.0710. The molecule has 1 aromatic rings. The van der Waals surface area contributed by atoms with Crippen molar-refractivity contribution >= 4 is 17.7 Å². The van der Waals surface area contributed by atoms with Crippen LogP contribution in [0.4, 0.5) is 8.78 Å². The number of fused-ring (bicyclic) bond motifs is 2. The number of hydrogen-bond donors (Lipinski definition) is 1. The van der Waals surface area contributed by atoms with Gasteiger partial charge in [-0.2, -0.15) is 4.39 Å². The van der Waals surface area contributed by atoms with Gasteiger partial charge in [-0.15, -0.1) is 0 Å². The van der Waals surface area contributed by atoms with Gasteiger partial charge in [0.15, 0.2) is 5.82 Å². The molecule has 0 bridgehead atoms. The number of pyridine rings is 1. The second kappa shape index (κ2) is 5.42. The van der Waals surface area contributed by atoms with Gasteiger partial charge in [0.25, 0.3) is 0 Å². The molecule has 1 aromatic carbocycles. The predicted molar refractivity (Wildman–Crippen MR) is 89.0 cm³/mol. The Balaban J connectivity index is 2.28. The van der Waals surface area contributed by atoms with Crippen molar-refractivity contribution in [3.05, 3.63) is 63.4 Å². The molecule has 2 heterocycles. The first-order valence-corrected chi connectivity index (χ1v) is 8.37. The number of rotatable bonds is 2. The van der Waals surface area contributed by atoms with Crippen molar-refractivity contribution in [1.82, 2.24) is 4.57 Å². The summed E-state index contributed by atoms with van der Waals surface area (Å²) in [7, 11) is 0. The maximum atomic E-state index is 14.8. The quantitative estimate of drug-likeness (QED) is 0.551. The molecule has 7 heteroatoms. The lowest BCUT2D eigenvalue weighted by Gasteiger charge is -2.28. The molecule has 0 radical (unpaired) electrons. The van der Waals surface area contributed by atoms with Gasteiger partial charge < -0.3 is 5.11 Å². The van der Waals surface area contributed by atoms with Crippen LogP contribution in [0, 0.1) is 11.8 Å².